The summed E-state index contributed by atoms with van der Waals surface area (Å²) in [5.41, 5.74) is 0.0419. The maximum atomic E-state index is 5.93. The topological polar surface area (TPSA) is 29.0 Å². The summed E-state index contributed by atoms with van der Waals surface area (Å²) < 4.78 is 0.746. The molecule has 0 amide bonds. The minimum Gasteiger partial charge on any atom is -0.353 e. The average Bonchev–Trinajstić information content (AvgIpc) is 2.21. The lowest BCUT2D eigenvalue weighted by Crippen LogP contribution is -2.41. The fourth-order valence-electron chi connectivity index (χ4n) is 1.10. The van der Waals surface area contributed by atoms with E-state index < -0.39 is 0 Å². The number of anilines is 1. The molecule has 1 aromatic heterocycles. The van der Waals surface area contributed by atoms with Gasteiger partial charge in [-0.1, -0.05) is 18.5 Å². The Labute approximate surface area is 104 Å². The predicted octanol–water partition coefficient (Wildman–Crippen LogP) is 3.52. The third kappa shape index (κ3) is 2.61. The van der Waals surface area contributed by atoms with Crippen LogP contribution in [0.5, 0.6) is 0 Å². The third-order valence-corrected chi connectivity index (χ3v) is 4.06. The molecular formula is C10H15BrClN3. The molecule has 0 aliphatic heterocycles. The Kier molecular flexibility index (Phi) is 3.95. The van der Waals surface area contributed by atoms with E-state index in [9.17, 15) is 0 Å². The van der Waals surface area contributed by atoms with Crippen LogP contribution in [0.4, 0.5) is 5.82 Å². The Morgan fingerprint density at radius 3 is 2.60 bits per heavy atom. The summed E-state index contributed by atoms with van der Waals surface area (Å²) >= 11 is 9.33. The van der Waals surface area contributed by atoms with Gasteiger partial charge in [-0.3, -0.25) is 0 Å². The lowest BCUT2D eigenvalue weighted by molar-refractivity contribution is 0.466. The largest absolute Gasteiger partial charge is 0.353 e. The van der Waals surface area contributed by atoms with E-state index in [1.165, 1.54) is 6.33 Å². The van der Waals surface area contributed by atoms with Crippen molar-refractivity contribution in [3.8, 4) is 0 Å². The maximum Gasteiger partial charge on any atom is 0.148 e. The molecule has 0 spiro atoms. The first-order chi connectivity index (χ1) is 6.90. The molecule has 1 aromatic rings. The van der Waals surface area contributed by atoms with E-state index in [1.807, 2.05) is 7.05 Å². The smallest absolute Gasteiger partial charge is 0.148 e. The Balaban J connectivity index is 3.12. The molecule has 15 heavy (non-hydrogen) atoms. The summed E-state index contributed by atoms with van der Waals surface area (Å²) in [6.07, 6.45) is 2.50. The molecule has 1 rings (SSSR count). The Morgan fingerprint density at radius 2 is 2.07 bits per heavy atom. The van der Waals surface area contributed by atoms with Crippen LogP contribution in [0.25, 0.3) is 0 Å². The molecule has 0 aliphatic rings. The van der Waals surface area contributed by atoms with Gasteiger partial charge in [0.25, 0.3) is 0 Å². The van der Waals surface area contributed by atoms with Crippen LogP contribution in [0.15, 0.2) is 10.8 Å². The van der Waals surface area contributed by atoms with E-state index in [4.69, 9.17) is 11.6 Å². The van der Waals surface area contributed by atoms with E-state index in [0.29, 0.717) is 5.15 Å². The van der Waals surface area contributed by atoms with E-state index in [1.54, 1.807) is 0 Å². The van der Waals surface area contributed by atoms with Crippen molar-refractivity contribution in [2.45, 2.75) is 32.7 Å². The molecule has 0 aliphatic carbocycles. The number of halogens is 2. The zero-order valence-corrected chi connectivity index (χ0v) is 11.7. The third-order valence-electron chi connectivity index (χ3n) is 2.82. The summed E-state index contributed by atoms with van der Waals surface area (Å²) in [7, 11) is 2.01. The molecule has 0 saturated carbocycles. The highest BCUT2D eigenvalue weighted by molar-refractivity contribution is 9.10. The molecular weight excluding hydrogens is 277 g/mol. The minimum atomic E-state index is 0.0419. The maximum absolute atomic E-state index is 5.93. The SMILES string of the molecule is CCC(C)(C)N(C)c1ncnc(Cl)c1Br. The molecule has 0 bridgehead atoms. The van der Waals surface area contributed by atoms with Crippen LogP contribution in [0.2, 0.25) is 5.15 Å². The fourth-order valence-corrected chi connectivity index (χ4v) is 1.70. The second-order valence-electron chi connectivity index (χ2n) is 4.03. The van der Waals surface area contributed by atoms with Gasteiger partial charge in [0.1, 0.15) is 17.3 Å². The summed E-state index contributed by atoms with van der Waals surface area (Å²) in [4.78, 5) is 10.2. The molecule has 0 radical (unpaired) electrons. The monoisotopic (exact) mass is 291 g/mol. The number of nitrogens with zero attached hydrogens (tertiary/aromatic N) is 3. The highest BCUT2D eigenvalue weighted by atomic mass is 79.9. The summed E-state index contributed by atoms with van der Waals surface area (Å²) in [5, 5.41) is 0.443. The number of rotatable bonds is 3. The zero-order valence-electron chi connectivity index (χ0n) is 9.38. The summed E-state index contributed by atoms with van der Waals surface area (Å²) in [6.45, 7) is 6.47. The molecule has 0 atom stereocenters. The molecule has 5 heteroatoms. The molecule has 84 valence electrons. The van der Waals surface area contributed by atoms with Crippen LogP contribution < -0.4 is 4.90 Å². The van der Waals surface area contributed by atoms with E-state index in [-0.39, 0.29) is 5.54 Å². The molecule has 1 heterocycles. The second-order valence-corrected chi connectivity index (χ2v) is 5.18. The predicted molar refractivity (Wildman–Crippen MR) is 67.5 cm³/mol. The molecule has 0 saturated heterocycles. The summed E-state index contributed by atoms with van der Waals surface area (Å²) in [5.74, 6) is 0.821. The van der Waals surface area contributed by atoms with Gasteiger partial charge in [0.15, 0.2) is 0 Å². The van der Waals surface area contributed by atoms with Gasteiger partial charge < -0.3 is 4.90 Å². The van der Waals surface area contributed by atoms with Gasteiger partial charge in [0.2, 0.25) is 0 Å². The van der Waals surface area contributed by atoms with Crippen molar-refractivity contribution in [3.63, 3.8) is 0 Å². The van der Waals surface area contributed by atoms with Crippen molar-refractivity contribution in [2.75, 3.05) is 11.9 Å². The summed E-state index contributed by atoms with van der Waals surface area (Å²) in [6, 6.07) is 0. The zero-order chi connectivity index (χ0) is 11.6. The van der Waals surface area contributed by atoms with Gasteiger partial charge in [-0.05, 0) is 36.2 Å². The van der Waals surface area contributed by atoms with Gasteiger partial charge in [-0.2, -0.15) is 0 Å². The van der Waals surface area contributed by atoms with Crippen molar-refractivity contribution in [2.24, 2.45) is 0 Å². The Hall–Kier alpha value is -0.350. The molecule has 0 N–H and O–H groups in total. The highest BCUT2D eigenvalue weighted by Crippen LogP contribution is 2.32. The van der Waals surface area contributed by atoms with Gasteiger partial charge in [0.05, 0.1) is 4.47 Å². The molecule has 0 fully saturated rings. The van der Waals surface area contributed by atoms with Crippen LogP contribution in [0.1, 0.15) is 27.2 Å². The van der Waals surface area contributed by atoms with Crippen molar-refractivity contribution in [3.05, 3.63) is 16.0 Å². The lowest BCUT2D eigenvalue weighted by atomic mass is 10.0. The van der Waals surface area contributed by atoms with Crippen LogP contribution in [0.3, 0.4) is 0 Å². The number of aromatic nitrogens is 2. The van der Waals surface area contributed by atoms with Crippen LogP contribution in [-0.2, 0) is 0 Å². The first-order valence-corrected chi connectivity index (χ1v) is 5.97. The van der Waals surface area contributed by atoms with Crippen molar-refractivity contribution < 1.29 is 0 Å². The molecule has 0 unspecified atom stereocenters. The minimum absolute atomic E-state index is 0.0419. The first-order valence-electron chi connectivity index (χ1n) is 4.80. The highest BCUT2D eigenvalue weighted by Gasteiger charge is 2.24. The quantitative estimate of drug-likeness (QED) is 0.798. The fraction of sp³-hybridized carbons (Fsp3) is 0.600. The lowest BCUT2D eigenvalue weighted by Gasteiger charge is -2.36. The van der Waals surface area contributed by atoms with Gasteiger partial charge in [-0.15, -0.1) is 0 Å². The number of hydrogen-bond donors (Lipinski definition) is 0. The molecule has 0 aromatic carbocycles. The Bertz CT molecular complexity index is 355. The average molecular weight is 293 g/mol. The first kappa shape index (κ1) is 12.7. The van der Waals surface area contributed by atoms with E-state index in [0.717, 1.165) is 16.7 Å². The van der Waals surface area contributed by atoms with Crippen molar-refractivity contribution in [1.29, 1.82) is 0 Å². The van der Waals surface area contributed by atoms with Crippen LogP contribution in [0, 0.1) is 0 Å². The second kappa shape index (κ2) is 4.66. The van der Waals surface area contributed by atoms with Gasteiger partial charge >= 0.3 is 0 Å². The van der Waals surface area contributed by atoms with Gasteiger partial charge in [0, 0.05) is 12.6 Å². The number of hydrogen-bond acceptors (Lipinski definition) is 3. The van der Waals surface area contributed by atoms with Crippen LogP contribution in [-0.4, -0.2) is 22.6 Å². The van der Waals surface area contributed by atoms with Crippen molar-refractivity contribution in [1.82, 2.24) is 9.97 Å². The van der Waals surface area contributed by atoms with E-state index in [2.05, 4.69) is 51.6 Å². The van der Waals surface area contributed by atoms with Gasteiger partial charge in [-0.25, -0.2) is 9.97 Å². The standard InChI is InChI=1S/C10H15BrClN3/c1-5-10(2,3)15(4)9-7(11)8(12)13-6-14-9/h6H,5H2,1-4H3. The van der Waals surface area contributed by atoms with E-state index >= 15 is 0 Å². The Morgan fingerprint density at radius 1 is 1.47 bits per heavy atom. The van der Waals surface area contributed by atoms with Crippen molar-refractivity contribution >= 4 is 33.3 Å². The van der Waals surface area contributed by atoms with Crippen LogP contribution >= 0.6 is 27.5 Å². The normalized spacial score (nSPS) is 11.6. The molecule has 3 nitrogen and oxygen atoms in total.